The summed E-state index contributed by atoms with van der Waals surface area (Å²) in [6.45, 7) is 0. The van der Waals surface area contributed by atoms with E-state index in [0.717, 1.165) is 31.2 Å². The Labute approximate surface area is 123 Å². The molecular weight excluding hydrogens is 272 g/mol. The van der Waals surface area contributed by atoms with E-state index < -0.39 is 11.0 Å². The van der Waals surface area contributed by atoms with Crippen molar-refractivity contribution in [2.24, 2.45) is 0 Å². The van der Waals surface area contributed by atoms with Crippen LogP contribution in [0.25, 0.3) is 0 Å². The predicted molar refractivity (Wildman–Crippen MR) is 78.0 cm³/mol. The summed E-state index contributed by atoms with van der Waals surface area (Å²) in [5.41, 5.74) is 0.914. The van der Waals surface area contributed by atoms with Gasteiger partial charge in [-0.05, 0) is 44.7 Å². The number of hydrogen-bond donors (Lipinski definition) is 1. The lowest BCUT2D eigenvalue weighted by molar-refractivity contribution is -0.384. The van der Waals surface area contributed by atoms with Crippen LogP contribution in [0.2, 0.25) is 0 Å². The summed E-state index contributed by atoms with van der Waals surface area (Å²) in [7, 11) is 1.71. The van der Waals surface area contributed by atoms with Crippen molar-refractivity contribution in [3.63, 3.8) is 0 Å². The van der Waals surface area contributed by atoms with E-state index in [-0.39, 0.29) is 17.8 Å². The molecule has 1 aliphatic carbocycles. The number of benzene rings is 1. The molecular formula is C15H20N2O4. The number of nitro benzene ring substituents is 1. The van der Waals surface area contributed by atoms with Crippen LogP contribution in [-0.4, -0.2) is 30.1 Å². The zero-order valence-corrected chi connectivity index (χ0v) is 12.1. The van der Waals surface area contributed by atoms with Gasteiger partial charge in [0.15, 0.2) is 0 Å². The molecule has 1 aromatic rings. The summed E-state index contributed by atoms with van der Waals surface area (Å²) >= 11 is 0. The summed E-state index contributed by atoms with van der Waals surface area (Å²) < 4.78 is 5.49. The van der Waals surface area contributed by atoms with Gasteiger partial charge in [-0.1, -0.05) is 12.1 Å². The van der Waals surface area contributed by atoms with E-state index in [9.17, 15) is 14.9 Å². The van der Waals surface area contributed by atoms with Crippen LogP contribution >= 0.6 is 0 Å². The topological polar surface area (TPSA) is 81.5 Å². The number of nitrogens with one attached hydrogen (secondary N) is 1. The monoisotopic (exact) mass is 292 g/mol. The normalized spacial score (nSPS) is 16.6. The number of non-ortho nitro benzene ring substituents is 1. The van der Waals surface area contributed by atoms with Gasteiger partial charge in [-0.2, -0.15) is 0 Å². The maximum Gasteiger partial charge on any atom is 0.323 e. The molecule has 21 heavy (non-hydrogen) atoms. The zero-order chi connectivity index (χ0) is 15.2. The molecule has 0 aliphatic heterocycles. The Balaban J connectivity index is 1.94. The molecule has 1 N–H and O–H groups in total. The fourth-order valence-corrected chi connectivity index (χ4v) is 2.55. The molecule has 0 unspecified atom stereocenters. The lowest BCUT2D eigenvalue weighted by atomic mass is 10.1. The van der Waals surface area contributed by atoms with Crippen LogP contribution in [0.1, 0.15) is 31.2 Å². The molecule has 1 saturated carbocycles. The first-order valence-electron chi connectivity index (χ1n) is 7.21. The van der Waals surface area contributed by atoms with Crippen LogP contribution in [-0.2, 0) is 16.0 Å². The molecule has 0 amide bonds. The molecule has 1 aromatic carbocycles. The van der Waals surface area contributed by atoms with Gasteiger partial charge in [-0.25, -0.2) is 0 Å². The van der Waals surface area contributed by atoms with Crippen molar-refractivity contribution in [3.8, 4) is 0 Å². The van der Waals surface area contributed by atoms with Gasteiger partial charge in [0.05, 0.1) is 4.92 Å². The van der Waals surface area contributed by atoms with Crippen molar-refractivity contribution in [2.45, 2.75) is 44.2 Å². The first-order chi connectivity index (χ1) is 10.1. The Morgan fingerprint density at radius 1 is 1.38 bits per heavy atom. The van der Waals surface area contributed by atoms with E-state index in [1.165, 1.54) is 12.1 Å². The standard InChI is InChI=1S/C15H20N2O4/c1-16-14(15(18)21-13-4-2-3-5-13)10-11-6-8-12(9-7-11)17(19)20/h6-9,13-14,16H,2-5,10H2,1H3/t14-/m0/s1. The summed E-state index contributed by atoms with van der Waals surface area (Å²) in [5.74, 6) is -0.247. The number of carbonyl (C=O) groups excluding carboxylic acids is 1. The van der Waals surface area contributed by atoms with Gasteiger partial charge in [0.2, 0.25) is 0 Å². The highest BCUT2D eigenvalue weighted by Gasteiger charge is 2.24. The highest BCUT2D eigenvalue weighted by molar-refractivity contribution is 5.76. The molecule has 0 radical (unpaired) electrons. The van der Waals surface area contributed by atoms with Gasteiger partial charge in [0.1, 0.15) is 12.1 Å². The first-order valence-corrected chi connectivity index (χ1v) is 7.21. The molecule has 0 saturated heterocycles. The third-order valence-electron chi connectivity index (χ3n) is 3.80. The molecule has 0 heterocycles. The van der Waals surface area contributed by atoms with Crippen molar-refractivity contribution < 1.29 is 14.5 Å². The Bertz CT molecular complexity index is 495. The summed E-state index contributed by atoms with van der Waals surface area (Å²) in [4.78, 5) is 22.3. The van der Waals surface area contributed by atoms with Gasteiger partial charge >= 0.3 is 5.97 Å². The second-order valence-electron chi connectivity index (χ2n) is 5.31. The van der Waals surface area contributed by atoms with Crippen LogP contribution in [0.3, 0.4) is 0 Å². The number of ether oxygens (including phenoxy) is 1. The number of nitrogens with zero attached hydrogens (tertiary/aromatic N) is 1. The highest BCUT2D eigenvalue weighted by Crippen LogP contribution is 2.22. The van der Waals surface area contributed by atoms with Gasteiger partial charge in [-0.15, -0.1) is 0 Å². The first kappa shape index (κ1) is 15.4. The number of hydrogen-bond acceptors (Lipinski definition) is 5. The molecule has 114 valence electrons. The minimum atomic E-state index is -0.437. The number of nitro groups is 1. The third kappa shape index (κ3) is 4.26. The summed E-state index contributed by atoms with van der Waals surface area (Å²) in [6, 6.07) is 5.82. The molecule has 0 bridgehead atoms. The van der Waals surface area contributed by atoms with E-state index >= 15 is 0 Å². The SMILES string of the molecule is CN[C@@H](Cc1ccc([N+](=O)[O-])cc1)C(=O)OC1CCCC1. The van der Waals surface area contributed by atoms with Gasteiger partial charge < -0.3 is 10.1 Å². The molecule has 0 aromatic heterocycles. The summed E-state index contributed by atoms with van der Waals surface area (Å²) in [5, 5.41) is 13.6. The summed E-state index contributed by atoms with van der Waals surface area (Å²) in [6.07, 6.45) is 4.62. The molecule has 1 atom stereocenters. The molecule has 2 rings (SSSR count). The molecule has 1 aliphatic rings. The lowest BCUT2D eigenvalue weighted by Crippen LogP contribution is -2.39. The lowest BCUT2D eigenvalue weighted by Gasteiger charge is -2.18. The third-order valence-corrected chi connectivity index (χ3v) is 3.80. The van der Waals surface area contributed by atoms with Crippen LogP contribution in [0.5, 0.6) is 0 Å². The average Bonchev–Trinajstić information content (AvgIpc) is 2.98. The Morgan fingerprint density at radius 2 is 2.00 bits per heavy atom. The molecule has 1 fully saturated rings. The predicted octanol–water partition coefficient (Wildman–Crippen LogP) is 2.21. The highest BCUT2D eigenvalue weighted by atomic mass is 16.6. The maximum atomic E-state index is 12.1. The van der Waals surface area contributed by atoms with Gasteiger partial charge in [-0.3, -0.25) is 14.9 Å². The van der Waals surface area contributed by atoms with E-state index in [0.29, 0.717) is 6.42 Å². The second-order valence-corrected chi connectivity index (χ2v) is 5.31. The van der Waals surface area contributed by atoms with Crippen molar-refractivity contribution in [1.29, 1.82) is 0 Å². The number of rotatable bonds is 6. The Kier molecular flexibility index (Phi) is 5.27. The van der Waals surface area contributed by atoms with Gasteiger partial charge in [0.25, 0.3) is 5.69 Å². The van der Waals surface area contributed by atoms with Crippen molar-refractivity contribution in [1.82, 2.24) is 5.32 Å². The molecule has 6 heteroatoms. The molecule has 6 nitrogen and oxygen atoms in total. The van der Waals surface area contributed by atoms with Crippen LogP contribution < -0.4 is 5.32 Å². The fourth-order valence-electron chi connectivity index (χ4n) is 2.55. The number of esters is 1. The smallest absolute Gasteiger partial charge is 0.323 e. The average molecular weight is 292 g/mol. The van der Waals surface area contributed by atoms with Crippen LogP contribution in [0, 0.1) is 10.1 Å². The quantitative estimate of drug-likeness (QED) is 0.494. The minimum absolute atomic E-state index is 0.0465. The fraction of sp³-hybridized carbons (Fsp3) is 0.533. The van der Waals surface area contributed by atoms with E-state index in [1.807, 2.05) is 0 Å². The van der Waals surface area contributed by atoms with Gasteiger partial charge in [0, 0.05) is 12.1 Å². The maximum absolute atomic E-state index is 12.1. The van der Waals surface area contributed by atoms with Crippen LogP contribution in [0.4, 0.5) is 5.69 Å². The van der Waals surface area contributed by atoms with Crippen molar-refractivity contribution >= 4 is 11.7 Å². The number of likely N-dealkylation sites (N-methyl/N-ethyl adjacent to an activating group) is 1. The Morgan fingerprint density at radius 3 is 2.52 bits per heavy atom. The minimum Gasteiger partial charge on any atom is -0.461 e. The second kappa shape index (κ2) is 7.17. The van der Waals surface area contributed by atoms with Crippen molar-refractivity contribution in [2.75, 3.05) is 7.05 Å². The largest absolute Gasteiger partial charge is 0.461 e. The zero-order valence-electron chi connectivity index (χ0n) is 12.1. The van der Waals surface area contributed by atoms with E-state index in [4.69, 9.17) is 4.74 Å². The molecule has 0 spiro atoms. The van der Waals surface area contributed by atoms with E-state index in [2.05, 4.69) is 5.32 Å². The van der Waals surface area contributed by atoms with Crippen LogP contribution in [0.15, 0.2) is 24.3 Å². The Hall–Kier alpha value is -1.95. The van der Waals surface area contributed by atoms with E-state index in [1.54, 1.807) is 19.2 Å². The van der Waals surface area contributed by atoms with Crippen molar-refractivity contribution in [3.05, 3.63) is 39.9 Å². The number of carbonyl (C=O) groups is 1.